The molecule has 0 fully saturated rings. The van der Waals surface area contributed by atoms with E-state index < -0.39 is 16.9 Å². The van der Waals surface area contributed by atoms with Gasteiger partial charge in [0.25, 0.3) is 0 Å². The van der Waals surface area contributed by atoms with Gasteiger partial charge in [-0.15, -0.1) is 0 Å². The standard InChI is InChI=1S/K.H3O4P.H3O4Si/c;2*1-5(2,3)4/h;(H3,1,2,3,4);1-3H/q+1;;-1. The van der Waals surface area contributed by atoms with Gasteiger partial charge in [-0.2, -0.15) is 0 Å². The third-order valence-corrected chi connectivity index (χ3v) is 0. The molecule has 6 N–H and O–H groups in total. The fraction of sp³-hybridized carbons (Fsp3) is 0. The van der Waals surface area contributed by atoms with Crippen LogP contribution in [-0.4, -0.2) is 38.1 Å². The molecule has 0 atom stereocenters. The van der Waals surface area contributed by atoms with E-state index in [1.165, 1.54) is 0 Å². The van der Waals surface area contributed by atoms with Crippen molar-refractivity contribution in [3.8, 4) is 0 Å². The third kappa shape index (κ3) is 349. The molecule has 0 heterocycles. The Kier molecular flexibility index (Phi) is 12.2. The molecule has 0 bridgehead atoms. The van der Waals surface area contributed by atoms with E-state index in [0.717, 1.165) is 0 Å². The zero-order valence-corrected chi connectivity index (χ0v) is 10.5. The third-order valence-electron chi connectivity index (χ3n) is 0. The average Bonchev–Trinajstić information content (AvgIpc) is 1.12. The Balaban J connectivity index is -0.000000107. The summed E-state index contributed by atoms with van der Waals surface area (Å²) in [6.45, 7) is 0. The van der Waals surface area contributed by atoms with Gasteiger partial charge in [-0.05, 0) is 0 Å². The van der Waals surface area contributed by atoms with Crippen LogP contribution >= 0.6 is 7.82 Å². The van der Waals surface area contributed by atoms with Crippen molar-refractivity contribution in [1.29, 1.82) is 0 Å². The molecule has 11 heteroatoms. The molecule has 0 spiro atoms. The molecular formula is H6KO8PSi. The van der Waals surface area contributed by atoms with E-state index in [0.29, 0.717) is 0 Å². The Hall–Kier alpha value is 1.80. The number of rotatable bonds is 0. The Labute approximate surface area is 105 Å². The second-order valence-electron chi connectivity index (χ2n) is 1.09. The summed E-state index contributed by atoms with van der Waals surface area (Å²) in [6, 6.07) is 0. The minimum absolute atomic E-state index is 0. The summed E-state index contributed by atoms with van der Waals surface area (Å²) in [4.78, 5) is 52.1. The van der Waals surface area contributed by atoms with Crippen molar-refractivity contribution in [2.75, 3.05) is 0 Å². The smallest absolute Gasteiger partial charge is 0.794 e. The predicted octanol–water partition coefficient (Wildman–Crippen LogP) is -7.17. The molecule has 0 radical (unpaired) electrons. The van der Waals surface area contributed by atoms with E-state index in [9.17, 15) is 0 Å². The normalized spacial score (nSPS) is 10.8. The molecule has 0 aliphatic carbocycles. The number of phosphoric acid groups is 1. The topological polar surface area (TPSA) is 162 Å². The van der Waals surface area contributed by atoms with Crippen LogP contribution in [0.3, 0.4) is 0 Å². The summed E-state index contributed by atoms with van der Waals surface area (Å²) in [5.41, 5.74) is 0. The summed E-state index contributed by atoms with van der Waals surface area (Å²) >= 11 is 0. The number of hydrogen-bond acceptors (Lipinski definition) is 5. The van der Waals surface area contributed by atoms with Crippen LogP contribution in [0.25, 0.3) is 0 Å². The first-order chi connectivity index (χ1) is 4.00. The van der Waals surface area contributed by atoms with Gasteiger partial charge in [-0.25, -0.2) is 4.57 Å². The summed E-state index contributed by atoms with van der Waals surface area (Å²) in [7, 11) is -9.50. The maximum Gasteiger partial charge on any atom is 1.00 e. The Morgan fingerprint density at radius 1 is 1.09 bits per heavy atom. The summed E-state index contributed by atoms with van der Waals surface area (Å²) < 4.78 is 8.88. The van der Waals surface area contributed by atoms with E-state index >= 15 is 0 Å². The Morgan fingerprint density at radius 2 is 1.09 bits per heavy atom. The van der Waals surface area contributed by atoms with Crippen LogP contribution in [0.15, 0.2) is 0 Å². The summed E-state index contributed by atoms with van der Waals surface area (Å²) in [5, 5.41) is 0. The van der Waals surface area contributed by atoms with Crippen LogP contribution in [-0.2, 0) is 4.57 Å². The van der Waals surface area contributed by atoms with Gasteiger partial charge >= 0.3 is 68.3 Å². The maximum absolute atomic E-state index is 8.91. The van der Waals surface area contributed by atoms with Gasteiger partial charge in [-0.1, -0.05) is 0 Å². The van der Waals surface area contributed by atoms with Crippen LogP contribution in [0.4, 0.5) is 0 Å². The molecule has 64 valence electrons. The van der Waals surface area contributed by atoms with E-state index in [4.69, 9.17) is 38.4 Å². The zero-order chi connectivity index (χ0) is 9.00. The van der Waals surface area contributed by atoms with Crippen molar-refractivity contribution in [2.45, 2.75) is 0 Å². The molecule has 0 aliphatic heterocycles. The molecule has 11 heavy (non-hydrogen) atoms. The average molecular weight is 232 g/mol. The molecule has 8 nitrogen and oxygen atoms in total. The van der Waals surface area contributed by atoms with E-state index in [2.05, 4.69) is 0 Å². The van der Waals surface area contributed by atoms with Crippen molar-refractivity contribution in [2.24, 2.45) is 0 Å². The van der Waals surface area contributed by atoms with Gasteiger partial charge in [0.05, 0.1) is 0 Å². The quantitative estimate of drug-likeness (QED) is 0.177. The molecule has 0 saturated carbocycles. The minimum atomic E-state index is -4.86. The minimum Gasteiger partial charge on any atom is -0.794 e. The summed E-state index contributed by atoms with van der Waals surface area (Å²) in [6.07, 6.45) is 0. The number of hydrogen-bond donors (Lipinski definition) is 6. The van der Waals surface area contributed by atoms with Crippen molar-refractivity contribution in [3.63, 3.8) is 0 Å². The van der Waals surface area contributed by atoms with Crippen LogP contribution in [0.1, 0.15) is 0 Å². The first-order valence-electron chi connectivity index (χ1n) is 1.66. The maximum atomic E-state index is 8.91. The van der Waals surface area contributed by atoms with E-state index in [1.807, 2.05) is 0 Å². The van der Waals surface area contributed by atoms with E-state index in [-0.39, 0.29) is 51.4 Å². The second kappa shape index (κ2) is 7.23. The fourth-order valence-electron chi connectivity index (χ4n) is 0. The van der Waals surface area contributed by atoms with Crippen LogP contribution in [0.2, 0.25) is 0 Å². The second-order valence-corrected chi connectivity index (χ2v) is 3.26. The molecule has 0 amide bonds. The Bertz CT molecular complexity index is 106. The van der Waals surface area contributed by atoms with Gasteiger partial charge in [0.15, 0.2) is 0 Å². The van der Waals surface area contributed by atoms with Gasteiger partial charge in [0.1, 0.15) is 0 Å². The monoisotopic (exact) mass is 232 g/mol. The van der Waals surface area contributed by atoms with Crippen molar-refractivity contribution in [1.82, 2.24) is 0 Å². The van der Waals surface area contributed by atoms with Gasteiger partial charge in [0.2, 0.25) is 0 Å². The molecule has 0 aromatic rings. The first kappa shape index (κ1) is 18.6. The molecule has 0 aromatic heterocycles. The molecule has 0 aromatic carbocycles. The van der Waals surface area contributed by atoms with Crippen LogP contribution < -0.4 is 56.2 Å². The Morgan fingerprint density at radius 3 is 1.09 bits per heavy atom. The SMILES string of the molecule is O=P(O)(O)O.[K+].[O-][Si](O)(O)O. The molecule has 0 saturated heterocycles. The molecule has 0 unspecified atom stereocenters. The van der Waals surface area contributed by atoms with Crippen molar-refractivity contribution in [3.05, 3.63) is 0 Å². The molecule has 0 aliphatic rings. The molecule has 0 rings (SSSR count). The van der Waals surface area contributed by atoms with Crippen molar-refractivity contribution < 1.29 is 89.8 Å². The first-order valence-corrected chi connectivity index (χ1v) is 4.97. The van der Waals surface area contributed by atoms with Gasteiger partial charge in [0, 0.05) is 0 Å². The predicted molar refractivity (Wildman–Crippen MR) is 26.7 cm³/mol. The molecular weight excluding hydrogens is 226 g/mol. The van der Waals surface area contributed by atoms with E-state index in [1.54, 1.807) is 0 Å². The van der Waals surface area contributed by atoms with Crippen LogP contribution in [0, 0.1) is 0 Å². The van der Waals surface area contributed by atoms with Crippen LogP contribution in [0.5, 0.6) is 0 Å². The van der Waals surface area contributed by atoms with Gasteiger partial charge in [-0.3, -0.25) is 0 Å². The zero-order valence-electron chi connectivity index (χ0n) is 5.45. The largest absolute Gasteiger partial charge is 1.00 e. The fourth-order valence-corrected chi connectivity index (χ4v) is 0. The summed E-state index contributed by atoms with van der Waals surface area (Å²) in [5.74, 6) is 0. The van der Waals surface area contributed by atoms with Gasteiger partial charge < -0.3 is 33.9 Å². The van der Waals surface area contributed by atoms with Crippen molar-refractivity contribution >= 4 is 16.9 Å².